The number of hydrogen-bond donors (Lipinski definition) is 1. The van der Waals surface area contributed by atoms with Crippen molar-refractivity contribution in [3.8, 4) is 0 Å². The molecule has 1 amide bonds. The van der Waals surface area contributed by atoms with E-state index in [1.165, 1.54) is 6.42 Å². The van der Waals surface area contributed by atoms with E-state index in [4.69, 9.17) is 0 Å². The Bertz CT molecular complexity index is 433. The van der Waals surface area contributed by atoms with Crippen molar-refractivity contribution >= 4 is 11.6 Å². The SMILES string of the molecule is CCNc1ccnc(C(=O)N2CCCC(C)CC2)c1. The molecule has 0 radical (unpaired) electrons. The van der Waals surface area contributed by atoms with Gasteiger partial charge < -0.3 is 10.2 Å². The van der Waals surface area contributed by atoms with Crippen molar-refractivity contribution in [2.75, 3.05) is 25.0 Å². The van der Waals surface area contributed by atoms with E-state index >= 15 is 0 Å². The smallest absolute Gasteiger partial charge is 0.272 e. The highest BCUT2D eigenvalue weighted by atomic mass is 16.2. The second kappa shape index (κ2) is 6.55. The fourth-order valence-electron chi connectivity index (χ4n) is 2.49. The molecule has 1 aromatic rings. The van der Waals surface area contributed by atoms with E-state index in [2.05, 4.69) is 17.2 Å². The summed E-state index contributed by atoms with van der Waals surface area (Å²) < 4.78 is 0. The number of nitrogens with zero attached hydrogens (tertiary/aromatic N) is 2. The van der Waals surface area contributed by atoms with E-state index in [1.54, 1.807) is 6.20 Å². The molecule has 0 aliphatic carbocycles. The van der Waals surface area contributed by atoms with Crippen molar-refractivity contribution in [1.29, 1.82) is 0 Å². The molecular weight excluding hydrogens is 238 g/mol. The summed E-state index contributed by atoms with van der Waals surface area (Å²) in [6.07, 6.45) is 5.11. The molecule has 104 valence electrons. The number of aromatic nitrogens is 1. The second-order valence-corrected chi connectivity index (χ2v) is 5.29. The first kappa shape index (κ1) is 13.8. The van der Waals surface area contributed by atoms with Crippen LogP contribution in [0.5, 0.6) is 0 Å². The summed E-state index contributed by atoms with van der Waals surface area (Å²) in [5.41, 5.74) is 1.51. The van der Waals surface area contributed by atoms with Crippen molar-refractivity contribution in [2.45, 2.75) is 33.1 Å². The Balaban J connectivity index is 2.07. The maximum absolute atomic E-state index is 12.5. The van der Waals surface area contributed by atoms with Crippen LogP contribution in [0.3, 0.4) is 0 Å². The van der Waals surface area contributed by atoms with Crippen LogP contribution in [0.25, 0.3) is 0 Å². The number of pyridine rings is 1. The van der Waals surface area contributed by atoms with Crippen LogP contribution in [0.4, 0.5) is 5.69 Å². The molecule has 1 fully saturated rings. The van der Waals surface area contributed by atoms with Gasteiger partial charge in [-0.2, -0.15) is 0 Å². The number of amides is 1. The Morgan fingerprint density at radius 2 is 2.32 bits per heavy atom. The van der Waals surface area contributed by atoms with Crippen LogP contribution < -0.4 is 5.32 Å². The Kier molecular flexibility index (Phi) is 4.77. The summed E-state index contributed by atoms with van der Waals surface area (Å²) in [7, 11) is 0. The molecule has 4 heteroatoms. The van der Waals surface area contributed by atoms with Crippen LogP contribution in [0.1, 0.15) is 43.6 Å². The van der Waals surface area contributed by atoms with Gasteiger partial charge >= 0.3 is 0 Å². The summed E-state index contributed by atoms with van der Waals surface area (Å²) in [5, 5.41) is 3.21. The molecule has 2 heterocycles. The van der Waals surface area contributed by atoms with E-state index in [1.807, 2.05) is 24.0 Å². The lowest BCUT2D eigenvalue weighted by molar-refractivity contribution is 0.0754. The lowest BCUT2D eigenvalue weighted by Crippen LogP contribution is -2.32. The van der Waals surface area contributed by atoms with Crippen molar-refractivity contribution in [1.82, 2.24) is 9.88 Å². The van der Waals surface area contributed by atoms with Gasteiger partial charge in [0.15, 0.2) is 0 Å². The zero-order valence-corrected chi connectivity index (χ0v) is 11.9. The average molecular weight is 261 g/mol. The van der Waals surface area contributed by atoms with Crippen LogP contribution in [0.15, 0.2) is 18.3 Å². The Labute approximate surface area is 115 Å². The molecule has 2 rings (SSSR count). The van der Waals surface area contributed by atoms with Crippen molar-refractivity contribution in [3.63, 3.8) is 0 Å². The summed E-state index contributed by atoms with van der Waals surface area (Å²) in [4.78, 5) is 18.6. The number of carbonyl (C=O) groups excluding carboxylic acids is 1. The summed E-state index contributed by atoms with van der Waals surface area (Å²) >= 11 is 0. The first-order valence-corrected chi connectivity index (χ1v) is 7.20. The molecule has 1 aromatic heterocycles. The first-order valence-electron chi connectivity index (χ1n) is 7.20. The zero-order chi connectivity index (χ0) is 13.7. The van der Waals surface area contributed by atoms with E-state index in [0.717, 1.165) is 44.1 Å². The van der Waals surface area contributed by atoms with Crippen LogP contribution in [-0.2, 0) is 0 Å². The molecule has 19 heavy (non-hydrogen) atoms. The predicted molar refractivity (Wildman–Crippen MR) is 77.3 cm³/mol. The molecule has 0 aromatic carbocycles. The lowest BCUT2D eigenvalue weighted by Gasteiger charge is -2.20. The summed E-state index contributed by atoms with van der Waals surface area (Å²) in [6, 6.07) is 3.74. The van der Waals surface area contributed by atoms with Gasteiger partial charge in [-0.05, 0) is 44.2 Å². The number of nitrogens with one attached hydrogen (secondary N) is 1. The molecule has 1 aliphatic rings. The van der Waals surface area contributed by atoms with E-state index in [0.29, 0.717) is 5.69 Å². The number of likely N-dealkylation sites (tertiary alicyclic amines) is 1. The van der Waals surface area contributed by atoms with Gasteiger partial charge in [-0.1, -0.05) is 6.92 Å². The van der Waals surface area contributed by atoms with Crippen LogP contribution in [0, 0.1) is 5.92 Å². The van der Waals surface area contributed by atoms with Crippen LogP contribution >= 0.6 is 0 Å². The minimum absolute atomic E-state index is 0.0638. The normalized spacial score (nSPS) is 19.9. The number of anilines is 1. The highest BCUT2D eigenvalue weighted by Gasteiger charge is 2.20. The Morgan fingerprint density at radius 3 is 3.11 bits per heavy atom. The van der Waals surface area contributed by atoms with Gasteiger partial charge in [0.2, 0.25) is 0 Å². The number of hydrogen-bond acceptors (Lipinski definition) is 3. The quantitative estimate of drug-likeness (QED) is 0.910. The number of carbonyl (C=O) groups is 1. The van der Waals surface area contributed by atoms with E-state index in [9.17, 15) is 4.79 Å². The fraction of sp³-hybridized carbons (Fsp3) is 0.600. The van der Waals surface area contributed by atoms with Gasteiger partial charge in [-0.15, -0.1) is 0 Å². The molecule has 1 N–H and O–H groups in total. The van der Waals surface area contributed by atoms with E-state index in [-0.39, 0.29) is 5.91 Å². The molecule has 1 atom stereocenters. The third-order valence-electron chi connectivity index (χ3n) is 3.66. The second-order valence-electron chi connectivity index (χ2n) is 5.29. The molecule has 1 aliphatic heterocycles. The van der Waals surface area contributed by atoms with Crippen molar-refractivity contribution < 1.29 is 4.79 Å². The number of rotatable bonds is 3. The minimum atomic E-state index is 0.0638. The minimum Gasteiger partial charge on any atom is -0.385 e. The van der Waals surface area contributed by atoms with Gasteiger partial charge in [0.1, 0.15) is 5.69 Å². The highest BCUT2D eigenvalue weighted by molar-refractivity contribution is 5.93. The van der Waals surface area contributed by atoms with Gasteiger partial charge in [0.05, 0.1) is 0 Å². The topological polar surface area (TPSA) is 45.2 Å². The third-order valence-corrected chi connectivity index (χ3v) is 3.66. The maximum Gasteiger partial charge on any atom is 0.272 e. The largest absolute Gasteiger partial charge is 0.385 e. The Hall–Kier alpha value is -1.58. The van der Waals surface area contributed by atoms with Crippen LogP contribution in [-0.4, -0.2) is 35.4 Å². The van der Waals surface area contributed by atoms with Gasteiger partial charge in [-0.25, -0.2) is 0 Å². The highest BCUT2D eigenvalue weighted by Crippen LogP contribution is 2.18. The first-order chi connectivity index (χ1) is 9.20. The van der Waals surface area contributed by atoms with Gasteiger partial charge in [0.25, 0.3) is 5.91 Å². The third kappa shape index (κ3) is 3.69. The van der Waals surface area contributed by atoms with E-state index < -0.39 is 0 Å². The molecule has 4 nitrogen and oxygen atoms in total. The van der Waals surface area contributed by atoms with Gasteiger partial charge in [0, 0.05) is 31.5 Å². The molecule has 0 bridgehead atoms. The predicted octanol–water partition coefficient (Wildman–Crippen LogP) is 2.78. The standard InChI is InChI=1S/C15H23N3O/c1-3-16-13-6-8-17-14(11-13)15(19)18-9-4-5-12(2)7-10-18/h6,8,11-12H,3-5,7,9-10H2,1-2H3,(H,16,17). The summed E-state index contributed by atoms with van der Waals surface area (Å²) in [5.74, 6) is 0.785. The fourth-order valence-corrected chi connectivity index (χ4v) is 2.49. The van der Waals surface area contributed by atoms with Crippen LogP contribution in [0.2, 0.25) is 0 Å². The molecular formula is C15H23N3O. The Morgan fingerprint density at radius 1 is 1.47 bits per heavy atom. The van der Waals surface area contributed by atoms with Crippen molar-refractivity contribution in [3.05, 3.63) is 24.0 Å². The average Bonchev–Trinajstić information content (AvgIpc) is 2.63. The molecule has 1 saturated heterocycles. The molecule has 0 saturated carbocycles. The van der Waals surface area contributed by atoms with Crippen molar-refractivity contribution in [2.24, 2.45) is 5.92 Å². The zero-order valence-electron chi connectivity index (χ0n) is 11.9. The molecule has 1 unspecified atom stereocenters. The monoisotopic (exact) mass is 261 g/mol. The molecule has 0 spiro atoms. The maximum atomic E-state index is 12.5. The summed E-state index contributed by atoms with van der Waals surface area (Å²) in [6.45, 7) is 6.86. The van der Waals surface area contributed by atoms with Gasteiger partial charge in [-0.3, -0.25) is 9.78 Å². The lowest BCUT2D eigenvalue weighted by atomic mass is 10.0.